The monoisotopic (exact) mass is 446 g/mol. The van der Waals surface area contributed by atoms with Crippen LogP contribution in [0.15, 0.2) is 97.1 Å². The molecule has 34 heavy (non-hydrogen) atoms. The fourth-order valence-corrected chi connectivity index (χ4v) is 5.98. The second kappa shape index (κ2) is 7.56. The second-order valence-corrected chi connectivity index (χ2v) is 10.8. The number of hydrogen-bond acceptors (Lipinski definition) is 2. The number of rotatable bonds is 3. The summed E-state index contributed by atoms with van der Waals surface area (Å²) >= 11 is 0. The van der Waals surface area contributed by atoms with Crippen LogP contribution in [0.4, 0.5) is 0 Å². The van der Waals surface area contributed by atoms with Crippen molar-refractivity contribution in [3.8, 4) is 11.1 Å². The minimum atomic E-state index is -0.380. The van der Waals surface area contributed by atoms with Crippen molar-refractivity contribution in [1.82, 2.24) is 0 Å². The molecule has 0 amide bonds. The van der Waals surface area contributed by atoms with Crippen LogP contribution in [0.1, 0.15) is 50.8 Å². The molecule has 0 bridgehead atoms. The van der Waals surface area contributed by atoms with E-state index in [0.717, 1.165) is 11.9 Å². The summed E-state index contributed by atoms with van der Waals surface area (Å²) in [5.41, 5.74) is 6.77. The summed E-state index contributed by atoms with van der Waals surface area (Å²) in [6.45, 7) is 8.46. The molecule has 1 saturated heterocycles. The number of benzene rings is 3. The molecular weight excluding hydrogens is 415 g/mol. The summed E-state index contributed by atoms with van der Waals surface area (Å²) in [6.07, 6.45) is 10.1. The van der Waals surface area contributed by atoms with Gasteiger partial charge >= 0.3 is 7.12 Å². The lowest BCUT2D eigenvalue weighted by Gasteiger charge is -2.40. The van der Waals surface area contributed by atoms with Crippen LogP contribution in [0.3, 0.4) is 0 Å². The Balaban J connectivity index is 1.60. The first-order valence-electron chi connectivity index (χ1n) is 12.3. The number of hydrogen-bond donors (Lipinski definition) is 0. The highest BCUT2D eigenvalue weighted by Gasteiger charge is 2.53. The molecule has 2 aliphatic carbocycles. The smallest absolute Gasteiger partial charge is 0.399 e. The van der Waals surface area contributed by atoms with Crippen molar-refractivity contribution in [2.45, 2.75) is 50.7 Å². The van der Waals surface area contributed by atoms with E-state index in [2.05, 4.69) is 125 Å². The maximum atomic E-state index is 6.46. The Kier molecular flexibility index (Phi) is 4.82. The van der Waals surface area contributed by atoms with Gasteiger partial charge in [-0.05, 0) is 73.3 Å². The van der Waals surface area contributed by atoms with Gasteiger partial charge in [0.15, 0.2) is 0 Å². The largest absolute Gasteiger partial charge is 0.494 e. The normalized spacial score (nSPS) is 25.9. The van der Waals surface area contributed by atoms with Crippen molar-refractivity contribution in [2.75, 3.05) is 0 Å². The Morgan fingerprint density at radius 3 is 2.12 bits per heavy atom. The lowest BCUT2D eigenvalue weighted by atomic mass is 9.61. The summed E-state index contributed by atoms with van der Waals surface area (Å²) in [7, 11) is -0.380. The molecule has 2 unspecified atom stereocenters. The van der Waals surface area contributed by atoms with E-state index < -0.39 is 0 Å². The van der Waals surface area contributed by atoms with Gasteiger partial charge in [-0.3, -0.25) is 0 Å². The van der Waals surface area contributed by atoms with Gasteiger partial charge in [0.1, 0.15) is 0 Å². The van der Waals surface area contributed by atoms with Gasteiger partial charge < -0.3 is 9.31 Å². The summed E-state index contributed by atoms with van der Waals surface area (Å²) in [5.74, 6) is 0.316. The molecule has 2 nitrogen and oxygen atoms in total. The summed E-state index contributed by atoms with van der Waals surface area (Å²) in [5, 5.41) is 0. The average Bonchev–Trinajstić information content (AvgIpc) is 3.27. The first kappa shape index (κ1) is 21.6. The van der Waals surface area contributed by atoms with Crippen LogP contribution in [-0.4, -0.2) is 18.3 Å². The van der Waals surface area contributed by atoms with Crippen molar-refractivity contribution in [2.24, 2.45) is 5.92 Å². The second-order valence-electron chi connectivity index (χ2n) is 10.8. The van der Waals surface area contributed by atoms with Gasteiger partial charge in [-0.15, -0.1) is 0 Å². The highest BCUT2D eigenvalue weighted by Crippen LogP contribution is 2.57. The molecule has 3 aromatic carbocycles. The highest BCUT2D eigenvalue weighted by atomic mass is 16.7. The molecule has 0 N–H and O–H groups in total. The van der Waals surface area contributed by atoms with Gasteiger partial charge in [0.05, 0.1) is 16.6 Å². The molecule has 3 aromatic rings. The standard InChI is InChI=1S/C31H31BO2/c1-29(2)30(3,4)34-32(33-29)24-19-20-26-25-17-11-12-18-27(25)31(28(26)21-24,22-13-7-5-8-14-22)23-15-9-6-10-16-23/h5-15,17-21,23H,16H2,1-4H3. The predicted octanol–water partition coefficient (Wildman–Crippen LogP) is 6.43. The van der Waals surface area contributed by atoms with E-state index in [0.29, 0.717) is 5.92 Å². The molecule has 0 spiro atoms. The average molecular weight is 446 g/mol. The number of fused-ring (bicyclic) bond motifs is 3. The van der Waals surface area contributed by atoms with Crippen LogP contribution in [0.25, 0.3) is 11.1 Å². The number of allylic oxidation sites excluding steroid dienone is 4. The van der Waals surface area contributed by atoms with Crippen molar-refractivity contribution in [3.63, 3.8) is 0 Å². The van der Waals surface area contributed by atoms with E-state index in [1.165, 1.54) is 27.8 Å². The maximum Gasteiger partial charge on any atom is 0.494 e. The molecule has 1 heterocycles. The molecule has 6 rings (SSSR count). The zero-order chi connectivity index (χ0) is 23.6. The Bertz CT molecular complexity index is 1290. The minimum Gasteiger partial charge on any atom is -0.399 e. The first-order valence-corrected chi connectivity index (χ1v) is 12.3. The zero-order valence-electron chi connectivity index (χ0n) is 20.4. The van der Waals surface area contributed by atoms with E-state index in [-0.39, 0.29) is 23.7 Å². The fraction of sp³-hybridized carbons (Fsp3) is 0.290. The topological polar surface area (TPSA) is 18.5 Å². The summed E-state index contributed by atoms with van der Waals surface area (Å²) < 4.78 is 12.9. The first-order chi connectivity index (χ1) is 16.3. The lowest BCUT2D eigenvalue weighted by molar-refractivity contribution is 0.00578. The van der Waals surface area contributed by atoms with Gasteiger partial charge in [-0.1, -0.05) is 97.1 Å². The van der Waals surface area contributed by atoms with E-state index in [4.69, 9.17) is 9.31 Å². The zero-order valence-corrected chi connectivity index (χ0v) is 20.4. The molecule has 0 aromatic heterocycles. The van der Waals surface area contributed by atoms with Gasteiger partial charge in [0.2, 0.25) is 0 Å². The fourth-order valence-electron chi connectivity index (χ4n) is 5.98. The third-order valence-electron chi connectivity index (χ3n) is 8.40. The molecule has 0 radical (unpaired) electrons. The Labute approximate surface area is 203 Å². The highest BCUT2D eigenvalue weighted by molar-refractivity contribution is 6.62. The molecular formula is C31H31BO2. The lowest BCUT2D eigenvalue weighted by Crippen LogP contribution is -2.41. The van der Waals surface area contributed by atoms with Crippen molar-refractivity contribution in [3.05, 3.63) is 114 Å². The van der Waals surface area contributed by atoms with E-state index in [1.54, 1.807) is 0 Å². The molecule has 2 atom stereocenters. The SMILES string of the molecule is CC1(C)OB(c2ccc3c(c2)C(c2ccccc2)(C2C=CC=CC2)c2ccccc2-3)OC1(C)C. The molecule has 3 heteroatoms. The molecule has 3 aliphatic rings. The van der Waals surface area contributed by atoms with Crippen LogP contribution in [0.5, 0.6) is 0 Å². The van der Waals surface area contributed by atoms with Crippen LogP contribution in [-0.2, 0) is 14.7 Å². The van der Waals surface area contributed by atoms with E-state index in [1.807, 2.05) is 0 Å². The maximum absolute atomic E-state index is 6.46. The molecule has 0 saturated carbocycles. The minimum absolute atomic E-state index is 0.270. The quantitative estimate of drug-likeness (QED) is 0.432. The summed E-state index contributed by atoms with van der Waals surface area (Å²) in [4.78, 5) is 0. The van der Waals surface area contributed by atoms with Gasteiger partial charge in [0, 0.05) is 0 Å². The third kappa shape index (κ3) is 2.97. The van der Waals surface area contributed by atoms with Crippen LogP contribution in [0, 0.1) is 5.92 Å². The van der Waals surface area contributed by atoms with Crippen molar-refractivity contribution in [1.29, 1.82) is 0 Å². The Hall–Kier alpha value is -2.88. The van der Waals surface area contributed by atoms with E-state index >= 15 is 0 Å². The van der Waals surface area contributed by atoms with Crippen molar-refractivity contribution >= 4 is 12.6 Å². The molecule has 170 valence electrons. The van der Waals surface area contributed by atoms with E-state index in [9.17, 15) is 0 Å². The third-order valence-corrected chi connectivity index (χ3v) is 8.40. The van der Waals surface area contributed by atoms with Crippen LogP contribution >= 0.6 is 0 Å². The van der Waals surface area contributed by atoms with Crippen LogP contribution in [0.2, 0.25) is 0 Å². The van der Waals surface area contributed by atoms with Gasteiger partial charge in [-0.25, -0.2) is 0 Å². The van der Waals surface area contributed by atoms with Crippen LogP contribution < -0.4 is 5.46 Å². The summed E-state index contributed by atoms with van der Waals surface area (Å²) in [6, 6.07) is 26.8. The van der Waals surface area contributed by atoms with Crippen molar-refractivity contribution < 1.29 is 9.31 Å². The van der Waals surface area contributed by atoms with Gasteiger partial charge in [-0.2, -0.15) is 0 Å². The van der Waals surface area contributed by atoms with Gasteiger partial charge in [0.25, 0.3) is 0 Å². The molecule has 1 aliphatic heterocycles. The molecule has 1 fully saturated rings. The predicted molar refractivity (Wildman–Crippen MR) is 140 cm³/mol. The Morgan fingerprint density at radius 2 is 1.41 bits per heavy atom. The Morgan fingerprint density at radius 1 is 0.735 bits per heavy atom.